The maximum atomic E-state index is 5.64. The summed E-state index contributed by atoms with van der Waals surface area (Å²) in [7, 11) is 0. The minimum Gasteiger partial charge on any atom is -0.491 e. The number of rotatable bonds is 25. The number of unbranched alkanes of at least 4 members (excludes halogenated alkanes) is 10. The molecule has 0 fully saturated rings. The first-order valence-corrected chi connectivity index (χ1v) is 13.1. The van der Waals surface area contributed by atoms with Gasteiger partial charge < -0.3 is 29.4 Å². The van der Waals surface area contributed by atoms with Crippen LogP contribution in [0.3, 0.4) is 0 Å². The van der Waals surface area contributed by atoms with Gasteiger partial charge in [0.25, 0.3) is 0 Å². The van der Waals surface area contributed by atoms with Crippen LogP contribution in [-0.2, 0) is 18.9 Å². The van der Waals surface area contributed by atoms with Crippen molar-refractivity contribution in [2.24, 2.45) is 0 Å². The molecule has 2 N–H and O–H groups in total. The zero-order chi connectivity index (χ0) is 23.7. The third-order valence-corrected chi connectivity index (χ3v) is 5.38. The van der Waals surface area contributed by atoms with Crippen molar-refractivity contribution in [1.82, 2.24) is 0 Å². The first-order valence-electron chi connectivity index (χ1n) is 13.1. The molecule has 0 saturated heterocycles. The molecule has 0 amide bonds. The van der Waals surface area contributed by atoms with Gasteiger partial charge in [0.1, 0.15) is 12.4 Å². The van der Waals surface area contributed by atoms with Crippen molar-refractivity contribution in [3.63, 3.8) is 0 Å². The van der Waals surface area contributed by atoms with Gasteiger partial charge in [0.15, 0.2) is 0 Å². The van der Waals surface area contributed by atoms with E-state index >= 15 is 0 Å². The van der Waals surface area contributed by atoms with E-state index in [2.05, 4.69) is 6.92 Å². The molecule has 0 unspecified atom stereocenters. The molecule has 0 aliphatic heterocycles. The number of hydrogen-bond acceptors (Lipinski definition) is 6. The number of nitrogen functional groups attached to an aromatic ring is 1. The summed E-state index contributed by atoms with van der Waals surface area (Å²) in [6.07, 6.45) is 15.0. The summed E-state index contributed by atoms with van der Waals surface area (Å²) >= 11 is 0. The summed E-state index contributed by atoms with van der Waals surface area (Å²) in [5.41, 5.74) is 6.36. The van der Waals surface area contributed by atoms with Gasteiger partial charge in [-0.25, -0.2) is 0 Å². The fraction of sp³-hybridized carbons (Fsp3) is 0.778. The minimum absolute atomic E-state index is 0.506. The molecule has 6 nitrogen and oxygen atoms in total. The Morgan fingerprint density at radius 2 is 0.879 bits per heavy atom. The number of anilines is 1. The summed E-state index contributed by atoms with van der Waals surface area (Å²) in [5, 5.41) is 0. The summed E-state index contributed by atoms with van der Waals surface area (Å²) in [4.78, 5) is 0. The van der Waals surface area contributed by atoms with Gasteiger partial charge in [-0.3, -0.25) is 0 Å². The molecule has 192 valence electrons. The Bertz CT molecular complexity index is 512. The van der Waals surface area contributed by atoms with Crippen LogP contribution in [0.5, 0.6) is 5.75 Å². The van der Waals surface area contributed by atoms with Gasteiger partial charge in [-0.15, -0.1) is 0 Å². The molecule has 0 aromatic heterocycles. The fourth-order valence-electron chi connectivity index (χ4n) is 3.41. The van der Waals surface area contributed by atoms with Crippen LogP contribution < -0.4 is 10.5 Å². The summed E-state index contributed by atoms with van der Waals surface area (Å²) in [6, 6.07) is 7.33. The maximum Gasteiger partial charge on any atom is 0.119 e. The monoisotopic (exact) mass is 467 g/mol. The predicted octanol–water partition coefficient (Wildman–Crippen LogP) is 6.03. The van der Waals surface area contributed by atoms with Crippen LogP contribution in [0.25, 0.3) is 0 Å². The van der Waals surface area contributed by atoms with E-state index in [1.807, 2.05) is 24.3 Å². The van der Waals surface area contributed by atoms with Crippen LogP contribution in [-0.4, -0.2) is 59.5 Å². The Balaban J connectivity index is 1.66. The molecule has 0 radical (unpaired) electrons. The molecule has 0 aliphatic carbocycles. The van der Waals surface area contributed by atoms with Crippen LogP contribution in [0.1, 0.15) is 77.6 Å². The van der Waals surface area contributed by atoms with Crippen molar-refractivity contribution >= 4 is 5.69 Å². The highest BCUT2D eigenvalue weighted by Crippen LogP contribution is 2.13. The molecule has 0 aliphatic rings. The van der Waals surface area contributed by atoms with E-state index in [0.717, 1.165) is 24.5 Å². The van der Waals surface area contributed by atoms with Crippen LogP contribution in [0.4, 0.5) is 5.69 Å². The highest BCUT2D eigenvalue weighted by molar-refractivity contribution is 5.41. The van der Waals surface area contributed by atoms with E-state index in [4.69, 9.17) is 29.4 Å². The molecular weight excluding hydrogens is 418 g/mol. The van der Waals surface area contributed by atoms with E-state index in [1.54, 1.807) is 0 Å². The minimum atomic E-state index is 0.506. The van der Waals surface area contributed by atoms with Crippen LogP contribution >= 0.6 is 0 Å². The number of benzene rings is 1. The molecule has 6 heteroatoms. The van der Waals surface area contributed by atoms with Gasteiger partial charge in [0, 0.05) is 12.3 Å². The van der Waals surface area contributed by atoms with Crippen molar-refractivity contribution in [3.8, 4) is 5.75 Å². The maximum absolute atomic E-state index is 5.64. The standard InChI is InChI=1S/C27H49NO5/c1-2-3-4-5-6-7-8-9-10-11-12-17-29-18-19-30-20-21-31-22-23-32-24-25-33-27-15-13-26(28)14-16-27/h13-16H,2-12,17-25,28H2,1H3. The predicted molar refractivity (Wildman–Crippen MR) is 136 cm³/mol. The van der Waals surface area contributed by atoms with Crippen molar-refractivity contribution in [2.45, 2.75) is 77.6 Å². The van der Waals surface area contributed by atoms with Gasteiger partial charge in [0.05, 0.1) is 46.2 Å². The lowest BCUT2D eigenvalue weighted by Crippen LogP contribution is -2.13. The second-order valence-corrected chi connectivity index (χ2v) is 8.40. The summed E-state index contributed by atoms with van der Waals surface area (Å²) in [5.74, 6) is 0.795. The highest BCUT2D eigenvalue weighted by atomic mass is 16.6. The first kappa shape index (κ1) is 29.7. The van der Waals surface area contributed by atoms with Crippen LogP contribution in [0.15, 0.2) is 24.3 Å². The summed E-state index contributed by atoms with van der Waals surface area (Å²) in [6.45, 7) is 7.70. The van der Waals surface area contributed by atoms with Crippen molar-refractivity contribution in [2.75, 3.05) is 65.2 Å². The van der Waals surface area contributed by atoms with Crippen LogP contribution in [0.2, 0.25) is 0 Å². The van der Waals surface area contributed by atoms with Gasteiger partial charge in [0.2, 0.25) is 0 Å². The number of ether oxygens (including phenoxy) is 5. The second kappa shape index (κ2) is 23.8. The Morgan fingerprint density at radius 3 is 1.36 bits per heavy atom. The van der Waals surface area contributed by atoms with E-state index in [0.29, 0.717) is 52.9 Å². The Kier molecular flexibility index (Phi) is 21.4. The first-order chi connectivity index (χ1) is 16.3. The van der Waals surface area contributed by atoms with Crippen molar-refractivity contribution in [1.29, 1.82) is 0 Å². The lowest BCUT2D eigenvalue weighted by atomic mass is 10.1. The van der Waals surface area contributed by atoms with Gasteiger partial charge >= 0.3 is 0 Å². The SMILES string of the molecule is CCCCCCCCCCCCCOCCOCCOCCOCCOc1ccc(N)cc1. The smallest absolute Gasteiger partial charge is 0.119 e. The Labute approximate surface area is 202 Å². The quantitative estimate of drug-likeness (QED) is 0.140. The lowest BCUT2D eigenvalue weighted by molar-refractivity contribution is -0.00487. The van der Waals surface area contributed by atoms with E-state index in [9.17, 15) is 0 Å². The molecular formula is C27H49NO5. The second-order valence-electron chi connectivity index (χ2n) is 8.40. The largest absolute Gasteiger partial charge is 0.491 e. The molecule has 33 heavy (non-hydrogen) atoms. The average molecular weight is 468 g/mol. The summed E-state index contributed by atoms with van der Waals surface area (Å²) < 4.78 is 27.7. The third-order valence-electron chi connectivity index (χ3n) is 5.38. The molecule has 0 bridgehead atoms. The Hall–Kier alpha value is -1.34. The molecule has 0 heterocycles. The highest BCUT2D eigenvalue weighted by Gasteiger charge is 1.96. The van der Waals surface area contributed by atoms with E-state index in [-0.39, 0.29) is 0 Å². The molecule has 1 aromatic carbocycles. The zero-order valence-corrected chi connectivity index (χ0v) is 21.1. The number of hydrogen-bond donors (Lipinski definition) is 1. The Morgan fingerprint density at radius 1 is 0.485 bits per heavy atom. The average Bonchev–Trinajstić information content (AvgIpc) is 2.83. The van der Waals surface area contributed by atoms with Gasteiger partial charge in [-0.2, -0.15) is 0 Å². The molecule has 1 aromatic rings. The van der Waals surface area contributed by atoms with Crippen LogP contribution in [0, 0.1) is 0 Å². The molecule has 1 rings (SSSR count). The zero-order valence-electron chi connectivity index (χ0n) is 21.1. The topological polar surface area (TPSA) is 72.2 Å². The molecule has 0 spiro atoms. The third kappa shape index (κ3) is 21.0. The lowest BCUT2D eigenvalue weighted by Gasteiger charge is -2.08. The normalized spacial score (nSPS) is 11.2. The van der Waals surface area contributed by atoms with E-state index in [1.165, 1.54) is 64.2 Å². The van der Waals surface area contributed by atoms with Gasteiger partial charge in [-0.05, 0) is 30.7 Å². The fourth-order valence-corrected chi connectivity index (χ4v) is 3.41. The van der Waals surface area contributed by atoms with Crippen molar-refractivity contribution in [3.05, 3.63) is 24.3 Å². The molecule has 0 atom stereocenters. The molecule has 0 saturated carbocycles. The van der Waals surface area contributed by atoms with Crippen molar-refractivity contribution < 1.29 is 23.7 Å². The number of nitrogens with two attached hydrogens (primary N) is 1. The van der Waals surface area contributed by atoms with E-state index < -0.39 is 0 Å². The van der Waals surface area contributed by atoms with Gasteiger partial charge in [-0.1, -0.05) is 71.1 Å².